The van der Waals surface area contributed by atoms with Crippen LogP contribution in [0, 0.1) is 12.8 Å². The molecule has 3 N–H and O–H groups in total. The second-order valence-electron chi connectivity index (χ2n) is 5.73. The number of nitrogens with one attached hydrogen (secondary N) is 1. The molecule has 116 valence electrons. The molecule has 1 aromatic heterocycles. The molecule has 0 radical (unpaired) electrons. The summed E-state index contributed by atoms with van der Waals surface area (Å²) in [7, 11) is 0. The van der Waals surface area contributed by atoms with Crippen LogP contribution in [-0.4, -0.2) is 35.5 Å². The predicted octanol–water partition coefficient (Wildman–Crippen LogP) is 1.70. The summed E-state index contributed by atoms with van der Waals surface area (Å²) >= 11 is 0. The first-order valence-electron chi connectivity index (χ1n) is 7.71. The van der Waals surface area contributed by atoms with Crippen molar-refractivity contribution in [3.8, 4) is 0 Å². The van der Waals surface area contributed by atoms with Gasteiger partial charge in [0.15, 0.2) is 0 Å². The highest BCUT2D eigenvalue weighted by molar-refractivity contribution is 5.74. The molecule has 2 rings (SSSR count). The summed E-state index contributed by atoms with van der Waals surface area (Å²) in [5.41, 5.74) is 6.37. The van der Waals surface area contributed by atoms with Crippen LogP contribution in [0.3, 0.4) is 0 Å². The summed E-state index contributed by atoms with van der Waals surface area (Å²) < 4.78 is 0. The quantitative estimate of drug-likeness (QED) is 0.833. The first kappa shape index (κ1) is 15.5. The molecule has 0 unspecified atom stereocenters. The van der Waals surface area contributed by atoms with Crippen LogP contribution in [0.15, 0.2) is 6.20 Å². The minimum absolute atomic E-state index is 0.197. The van der Waals surface area contributed by atoms with E-state index in [1.54, 1.807) is 0 Å². The van der Waals surface area contributed by atoms with E-state index < -0.39 is 0 Å². The van der Waals surface area contributed by atoms with Crippen LogP contribution in [0.1, 0.15) is 38.2 Å². The van der Waals surface area contributed by atoms with Crippen molar-refractivity contribution in [2.45, 2.75) is 39.5 Å². The Labute approximate surface area is 126 Å². The molecule has 0 aliphatic carbocycles. The number of carbonyl (C=O) groups excluding carboxylic acids is 1. The van der Waals surface area contributed by atoms with E-state index in [1.807, 2.05) is 13.1 Å². The van der Waals surface area contributed by atoms with Gasteiger partial charge in [-0.15, -0.1) is 0 Å². The molecule has 1 amide bonds. The van der Waals surface area contributed by atoms with E-state index in [9.17, 15) is 4.79 Å². The molecule has 6 heteroatoms. The summed E-state index contributed by atoms with van der Waals surface area (Å²) in [6.45, 7) is 6.87. The molecule has 0 atom stereocenters. The van der Waals surface area contributed by atoms with Gasteiger partial charge in [0.1, 0.15) is 5.82 Å². The Morgan fingerprint density at radius 2 is 2.19 bits per heavy atom. The predicted molar refractivity (Wildman–Crippen MR) is 84.3 cm³/mol. The van der Waals surface area contributed by atoms with Crippen molar-refractivity contribution in [1.82, 2.24) is 9.97 Å². The van der Waals surface area contributed by atoms with Crippen LogP contribution in [0.5, 0.6) is 0 Å². The lowest BCUT2D eigenvalue weighted by Crippen LogP contribution is -2.36. The number of nitrogens with two attached hydrogens (primary N) is 1. The van der Waals surface area contributed by atoms with Crippen LogP contribution < -0.4 is 16.0 Å². The zero-order chi connectivity index (χ0) is 15.2. The number of carbonyl (C=O) groups is 1. The molecule has 0 bridgehead atoms. The zero-order valence-corrected chi connectivity index (χ0v) is 12.9. The van der Waals surface area contributed by atoms with E-state index >= 15 is 0 Å². The molecule has 0 aromatic carbocycles. The molecule has 2 heterocycles. The molecule has 1 fully saturated rings. The highest BCUT2D eigenvalue weighted by atomic mass is 16.1. The molecular formula is C15H25N5O. The molecule has 1 saturated heterocycles. The summed E-state index contributed by atoms with van der Waals surface area (Å²) in [4.78, 5) is 22.2. The standard InChI is InChI=1S/C15H25N5O/c1-3-6-17-15-18-10-11(2)14(19-15)20-7-4-12(5-8-20)9-13(16)21/h10,12H,3-9H2,1-2H3,(H2,16,21)(H,17,18,19). The lowest BCUT2D eigenvalue weighted by atomic mass is 9.93. The van der Waals surface area contributed by atoms with Gasteiger partial charge in [-0.25, -0.2) is 4.98 Å². The minimum atomic E-state index is -0.197. The fourth-order valence-electron chi connectivity index (χ4n) is 2.71. The number of aryl methyl sites for hydroxylation is 1. The van der Waals surface area contributed by atoms with Gasteiger partial charge in [-0.3, -0.25) is 4.79 Å². The number of piperidine rings is 1. The Kier molecular flexibility index (Phi) is 5.36. The maximum Gasteiger partial charge on any atom is 0.224 e. The maximum atomic E-state index is 11.0. The number of rotatable bonds is 6. The van der Waals surface area contributed by atoms with E-state index in [0.717, 1.165) is 50.3 Å². The number of anilines is 2. The maximum absolute atomic E-state index is 11.0. The van der Waals surface area contributed by atoms with Crippen LogP contribution in [0.4, 0.5) is 11.8 Å². The number of hydrogen-bond acceptors (Lipinski definition) is 5. The Morgan fingerprint density at radius 3 is 2.81 bits per heavy atom. The van der Waals surface area contributed by atoms with Gasteiger partial charge in [0, 0.05) is 37.8 Å². The van der Waals surface area contributed by atoms with E-state index in [1.165, 1.54) is 0 Å². The third-order valence-corrected chi connectivity index (χ3v) is 3.88. The van der Waals surface area contributed by atoms with Gasteiger partial charge in [0.25, 0.3) is 0 Å². The minimum Gasteiger partial charge on any atom is -0.370 e. The van der Waals surface area contributed by atoms with E-state index in [0.29, 0.717) is 18.3 Å². The van der Waals surface area contributed by atoms with Crippen LogP contribution in [-0.2, 0) is 4.79 Å². The number of primary amides is 1. The number of nitrogens with zero attached hydrogens (tertiary/aromatic N) is 3. The largest absolute Gasteiger partial charge is 0.370 e. The third-order valence-electron chi connectivity index (χ3n) is 3.88. The lowest BCUT2D eigenvalue weighted by molar-refractivity contribution is -0.119. The van der Waals surface area contributed by atoms with Crippen molar-refractivity contribution >= 4 is 17.7 Å². The Bertz CT molecular complexity index is 483. The smallest absolute Gasteiger partial charge is 0.224 e. The Balaban J connectivity index is 2.00. The summed E-state index contributed by atoms with van der Waals surface area (Å²) in [5, 5.41) is 3.23. The normalized spacial score (nSPS) is 16.0. The van der Waals surface area contributed by atoms with E-state index in [2.05, 4.69) is 27.1 Å². The van der Waals surface area contributed by atoms with Gasteiger partial charge in [-0.1, -0.05) is 6.92 Å². The van der Waals surface area contributed by atoms with Crippen molar-refractivity contribution in [2.75, 3.05) is 29.9 Å². The number of hydrogen-bond donors (Lipinski definition) is 2. The molecule has 0 spiro atoms. The highest BCUT2D eigenvalue weighted by Crippen LogP contribution is 2.26. The SMILES string of the molecule is CCCNc1ncc(C)c(N2CCC(CC(N)=O)CC2)n1. The first-order chi connectivity index (χ1) is 10.1. The van der Waals surface area contributed by atoms with Crippen molar-refractivity contribution in [3.05, 3.63) is 11.8 Å². The zero-order valence-electron chi connectivity index (χ0n) is 12.9. The fraction of sp³-hybridized carbons (Fsp3) is 0.667. The summed E-state index contributed by atoms with van der Waals surface area (Å²) in [6.07, 6.45) is 5.40. The third kappa shape index (κ3) is 4.31. The van der Waals surface area contributed by atoms with Gasteiger partial charge >= 0.3 is 0 Å². The van der Waals surface area contributed by atoms with Crippen molar-refractivity contribution < 1.29 is 4.79 Å². The van der Waals surface area contributed by atoms with Gasteiger partial charge in [0.05, 0.1) is 0 Å². The molecule has 1 aromatic rings. The number of aromatic nitrogens is 2. The monoisotopic (exact) mass is 291 g/mol. The van der Waals surface area contributed by atoms with Gasteiger partial charge in [-0.2, -0.15) is 4.98 Å². The van der Waals surface area contributed by atoms with E-state index in [4.69, 9.17) is 5.73 Å². The van der Waals surface area contributed by atoms with Crippen molar-refractivity contribution in [2.24, 2.45) is 11.7 Å². The van der Waals surface area contributed by atoms with Crippen LogP contribution in [0.2, 0.25) is 0 Å². The second kappa shape index (κ2) is 7.24. The average molecular weight is 291 g/mol. The van der Waals surface area contributed by atoms with Gasteiger partial charge in [-0.05, 0) is 32.1 Å². The van der Waals surface area contributed by atoms with E-state index in [-0.39, 0.29) is 5.91 Å². The van der Waals surface area contributed by atoms with Gasteiger partial charge in [0.2, 0.25) is 11.9 Å². The van der Waals surface area contributed by atoms with Crippen LogP contribution >= 0.6 is 0 Å². The lowest BCUT2D eigenvalue weighted by Gasteiger charge is -2.33. The second-order valence-corrected chi connectivity index (χ2v) is 5.73. The fourth-order valence-corrected chi connectivity index (χ4v) is 2.71. The summed E-state index contributed by atoms with van der Waals surface area (Å²) in [6, 6.07) is 0. The van der Waals surface area contributed by atoms with Gasteiger partial charge < -0.3 is 16.0 Å². The number of amides is 1. The highest BCUT2D eigenvalue weighted by Gasteiger charge is 2.22. The Hall–Kier alpha value is -1.85. The molecule has 0 saturated carbocycles. The Morgan fingerprint density at radius 1 is 1.48 bits per heavy atom. The van der Waals surface area contributed by atoms with Crippen molar-refractivity contribution in [1.29, 1.82) is 0 Å². The molecule has 6 nitrogen and oxygen atoms in total. The summed E-state index contributed by atoms with van der Waals surface area (Å²) in [5.74, 6) is 1.91. The first-order valence-corrected chi connectivity index (χ1v) is 7.71. The molecule has 1 aliphatic heterocycles. The topological polar surface area (TPSA) is 84.1 Å². The average Bonchev–Trinajstić information content (AvgIpc) is 2.47. The van der Waals surface area contributed by atoms with Crippen LogP contribution in [0.25, 0.3) is 0 Å². The molecule has 21 heavy (non-hydrogen) atoms. The molecule has 1 aliphatic rings. The van der Waals surface area contributed by atoms with Crippen molar-refractivity contribution in [3.63, 3.8) is 0 Å². The molecular weight excluding hydrogens is 266 g/mol.